The van der Waals surface area contributed by atoms with E-state index in [0.29, 0.717) is 5.56 Å². The van der Waals surface area contributed by atoms with E-state index in [2.05, 4.69) is 10.9 Å². The lowest BCUT2D eigenvalue weighted by Crippen LogP contribution is -2.41. The third-order valence-corrected chi connectivity index (χ3v) is 2.93. The Bertz CT molecular complexity index is 820. The van der Waals surface area contributed by atoms with E-state index in [4.69, 9.17) is 0 Å². The molecule has 0 saturated carbocycles. The minimum atomic E-state index is -0.801. The third kappa shape index (κ3) is 4.47. The van der Waals surface area contributed by atoms with Crippen LogP contribution in [-0.2, 0) is 4.79 Å². The molecule has 24 heavy (non-hydrogen) atoms. The monoisotopic (exact) mass is 329 g/mol. The Morgan fingerprint density at radius 1 is 1.08 bits per heavy atom. The smallest absolute Gasteiger partial charge is 0.268 e. The molecule has 2 aromatic carbocycles. The number of nitro benzene ring substituents is 1. The van der Waals surface area contributed by atoms with Gasteiger partial charge in [0, 0.05) is 18.2 Å². The van der Waals surface area contributed by atoms with Gasteiger partial charge in [0.2, 0.25) is 0 Å². The van der Waals surface area contributed by atoms with Gasteiger partial charge in [-0.05, 0) is 23.8 Å². The summed E-state index contributed by atoms with van der Waals surface area (Å²) in [5.41, 5.74) is 4.29. The van der Waals surface area contributed by atoms with Gasteiger partial charge in [-0.15, -0.1) is 0 Å². The topological polar surface area (TPSA) is 101 Å². The molecule has 0 unspecified atom stereocenters. The number of hydrogen-bond acceptors (Lipinski definition) is 4. The molecule has 8 heteroatoms. The van der Waals surface area contributed by atoms with E-state index in [1.54, 1.807) is 6.07 Å². The van der Waals surface area contributed by atoms with Crippen LogP contribution in [-0.4, -0.2) is 16.7 Å². The van der Waals surface area contributed by atoms with Crippen molar-refractivity contribution < 1.29 is 18.9 Å². The molecular weight excluding hydrogens is 317 g/mol. The first-order chi connectivity index (χ1) is 11.5. The van der Waals surface area contributed by atoms with Crippen LogP contribution in [0.4, 0.5) is 10.1 Å². The lowest BCUT2D eigenvalue weighted by atomic mass is 10.2. The van der Waals surface area contributed by atoms with Crippen LogP contribution in [0.3, 0.4) is 0 Å². The number of rotatable bonds is 4. The maximum Gasteiger partial charge on any atom is 0.272 e. The molecule has 7 nitrogen and oxygen atoms in total. The maximum absolute atomic E-state index is 13.4. The van der Waals surface area contributed by atoms with Crippen LogP contribution >= 0.6 is 0 Å². The van der Waals surface area contributed by atoms with Gasteiger partial charge in [0.1, 0.15) is 5.82 Å². The summed E-state index contributed by atoms with van der Waals surface area (Å²) < 4.78 is 13.4. The Morgan fingerprint density at radius 3 is 2.54 bits per heavy atom. The highest BCUT2D eigenvalue weighted by molar-refractivity contribution is 5.98. The molecule has 0 aliphatic rings. The molecule has 0 atom stereocenters. The van der Waals surface area contributed by atoms with Crippen molar-refractivity contribution in [2.75, 3.05) is 0 Å². The molecule has 2 aromatic rings. The SMILES string of the molecule is O=C(/C=C/c1cccc([N+](=O)[O-])c1)NNC(=O)c1ccccc1F. The van der Waals surface area contributed by atoms with Gasteiger partial charge in [-0.1, -0.05) is 24.3 Å². The van der Waals surface area contributed by atoms with Gasteiger partial charge in [-0.25, -0.2) is 4.39 Å². The van der Waals surface area contributed by atoms with E-state index >= 15 is 0 Å². The molecule has 0 saturated heterocycles. The molecule has 2 amide bonds. The number of nitrogens with zero attached hydrogens (tertiary/aromatic N) is 1. The normalized spacial score (nSPS) is 10.4. The highest BCUT2D eigenvalue weighted by atomic mass is 19.1. The Labute approximate surface area is 135 Å². The average Bonchev–Trinajstić information content (AvgIpc) is 2.58. The lowest BCUT2D eigenvalue weighted by Gasteiger charge is -2.05. The molecule has 0 heterocycles. The summed E-state index contributed by atoms with van der Waals surface area (Å²) >= 11 is 0. The van der Waals surface area contributed by atoms with E-state index in [-0.39, 0.29) is 11.3 Å². The Morgan fingerprint density at radius 2 is 1.83 bits per heavy atom. The average molecular weight is 329 g/mol. The summed E-state index contributed by atoms with van der Waals surface area (Å²) in [6.07, 6.45) is 2.43. The number of hydrogen-bond donors (Lipinski definition) is 2. The molecule has 0 spiro atoms. The summed E-state index contributed by atoms with van der Waals surface area (Å²) in [4.78, 5) is 33.4. The van der Waals surface area contributed by atoms with Gasteiger partial charge in [-0.3, -0.25) is 30.6 Å². The summed E-state index contributed by atoms with van der Waals surface area (Å²) in [6.45, 7) is 0. The van der Waals surface area contributed by atoms with Gasteiger partial charge >= 0.3 is 0 Å². The van der Waals surface area contributed by atoms with Crippen molar-refractivity contribution >= 4 is 23.6 Å². The Kier molecular flexibility index (Phi) is 5.35. The first-order valence-electron chi connectivity index (χ1n) is 6.75. The number of nitrogens with one attached hydrogen (secondary N) is 2. The fourth-order valence-corrected chi connectivity index (χ4v) is 1.79. The minimum Gasteiger partial charge on any atom is -0.268 e. The molecule has 2 rings (SSSR count). The van der Waals surface area contributed by atoms with E-state index in [1.165, 1.54) is 42.5 Å². The second kappa shape index (κ2) is 7.63. The summed E-state index contributed by atoms with van der Waals surface area (Å²) in [6, 6.07) is 11.0. The van der Waals surface area contributed by atoms with Crippen molar-refractivity contribution in [3.63, 3.8) is 0 Å². The van der Waals surface area contributed by atoms with Crippen LogP contribution < -0.4 is 10.9 Å². The van der Waals surface area contributed by atoms with E-state index in [9.17, 15) is 24.1 Å². The van der Waals surface area contributed by atoms with Crippen LogP contribution in [0.2, 0.25) is 0 Å². The Hall–Kier alpha value is -3.55. The van der Waals surface area contributed by atoms with Crippen molar-refractivity contribution in [2.24, 2.45) is 0 Å². The van der Waals surface area contributed by atoms with Gasteiger partial charge < -0.3 is 0 Å². The van der Waals surface area contributed by atoms with Gasteiger partial charge in [0.25, 0.3) is 17.5 Å². The number of carbonyl (C=O) groups excluding carboxylic acids is 2. The van der Waals surface area contributed by atoms with Crippen molar-refractivity contribution in [2.45, 2.75) is 0 Å². The molecule has 0 aromatic heterocycles. The highest BCUT2D eigenvalue weighted by Gasteiger charge is 2.10. The second-order valence-corrected chi connectivity index (χ2v) is 4.61. The zero-order valence-corrected chi connectivity index (χ0v) is 12.2. The number of carbonyl (C=O) groups is 2. The molecule has 0 radical (unpaired) electrons. The number of amides is 2. The summed E-state index contributed by atoms with van der Waals surface area (Å²) in [5.74, 6) is -2.19. The highest BCUT2D eigenvalue weighted by Crippen LogP contribution is 2.14. The fraction of sp³-hybridized carbons (Fsp3) is 0. The van der Waals surface area contributed by atoms with Crippen molar-refractivity contribution in [3.05, 3.63) is 81.7 Å². The van der Waals surface area contributed by atoms with Crippen LogP contribution in [0.1, 0.15) is 15.9 Å². The van der Waals surface area contributed by atoms with Gasteiger partial charge in [-0.2, -0.15) is 0 Å². The predicted octanol–water partition coefficient (Wildman–Crippen LogP) is 2.21. The van der Waals surface area contributed by atoms with Crippen molar-refractivity contribution in [3.8, 4) is 0 Å². The summed E-state index contributed by atoms with van der Waals surface area (Å²) in [5, 5.41) is 10.7. The van der Waals surface area contributed by atoms with Crippen LogP contribution in [0.25, 0.3) is 6.08 Å². The zero-order chi connectivity index (χ0) is 17.5. The standard InChI is InChI=1S/C16H12FN3O4/c17-14-7-2-1-6-13(14)16(22)19-18-15(21)9-8-11-4-3-5-12(10-11)20(23)24/h1-10H,(H,18,21)(H,19,22)/b9-8+. The molecule has 122 valence electrons. The van der Waals surface area contributed by atoms with Crippen molar-refractivity contribution in [1.82, 2.24) is 10.9 Å². The van der Waals surface area contributed by atoms with Crippen LogP contribution in [0.5, 0.6) is 0 Å². The first kappa shape index (κ1) is 16.8. The largest absolute Gasteiger partial charge is 0.272 e. The molecule has 0 aliphatic heterocycles. The quantitative estimate of drug-likeness (QED) is 0.510. The van der Waals surface area contributed by atoms with E-state index < -0.39 is 22.6 Å². The number of non-ortho nitro benzene ring substituents is 1. The summed E-state index contributed by atoms with van der Waals surface area (Å²) in [7, 11) is 0. The van der Waals surface area contributed by atoms with Gasteiger partial charge in [0.15, 0.2) is 0 Å². The van der Waals surface area contributed by atoms with Crippen molar-refractivity contribution in [1.29, 1.82) is 0 Å². The third-order valence-electron chi connectivity index (χ3n) is 2.93. The second-order valence-electron chi connectivity index (χ2n) is 4.61. The molecule has 0 bridgehead atoms. The number of benzene rings is 2. The first-order valence-corrected chi connectivity index (χ1v) is 6.75. The molecule has 2 N–H and O–H groups in total. The van der Waals surface area contributed by atoms with Crippen LogP contribution in [0.15, 0.2) is 54.6 Å². The molecular formula is C16H12FN3O4. The lowest BCUT2D eigenvalue weighted by molar-refractivity contribution is -0.384. The zero-order valence-electron chi connectivity index (χ0n) is 12.2. The maximum atomic E-state index is 13.4. The van der Waals surface area contributed by atoms with Crippen LogP contribution in [0, 0.1) is 15.9 Å². The number of halogens is 1. The Balaban J connectivity index is 1.94. The predicted molar refractivity (Wildman–Crippen MR) is 84.1 cm³/mol. The van der Waals surface area contributed by atoms with Gasteiger partial charge in [0.05, 0.1) is 10.5 Å². The number of nitro groups is 1. The minimum absolute atomic E-state index is 0.106. The number of hydrazine groups is 1. The molecule has 0 fully saturated rings. The fourth-order valence-electron chi connectivity index (χ4n) is 1.79. The van der Waals surface area contributed by atoms with E-state index in [0.717, 1.165) is 12.1 Å². The molecule has 0 aliphatic carbocycles. The van der Waals surface area contributed by atoms with E-state index in [1.807, 2.05) is 0 Å².